The third-order valence-electron chi connectivity index (χ3n) is 1.75. The molecule has 1 aromatic rings. The molecule has 0 saturated carbocycles. The summed E-state index contributed by atoms with van der Waals surface area (Å²) >= 11 is 3.06. The van der Waals surface area contributed by atoms with E-state index in [0.717, 1.165) is 6.07 Å². The number of benzene rings is 1. The normalized spacial score (nSPS) is 13.3. The molecule has 0 bridgehead atoms. The van der Waals surface area contributed by atoms with Crippen LogP contribution in [0.1, 0.15) is 18.0 Å². The number of hydrogen-bond acceptors (Lipinski definition) is 1. The van der Waals surface area contributed by atoms with Crippen molar-refractivity contribution in [3.63, 3.8) is 0 Å². The Balaban J connectivity index is 2.84. The molecule has 0 heterocycles. The highest BCUT2D eigenvalue weighted by Crippen LogP contribution is 2.22. The van der Waals surface area contributed by atoms with Crippen LogP contribution in [-0.2, 0) is 0 Å². The van der Waals surface area contributed by atoms with Crippen molar-refractivity contribution in [1.29, 1.82) is 0 Å². The van der Waals surface area contributed by atoms with Crippen LogP contribution in [0.4, 0.5) is 13.2 Å². The molecule has 0 aliphatic heterocycles. The largest absolute Gasteiger partial charge is 0.324 e. The van der Waals surface area contributed by atoms with E-state index in [1.165, 1.54) is 12.1 Å². The Morgan fingerprint density at radius 3 is 2.43 bits per heavy atom. The Labute approximate surface area is 88.2 Å². The minimum Gasteiger partial charge on any atom is -0.324 e. The maximum atomic E-state index is 12.9. The fraction of sp³-hybridized carbons (Fsp3) is 0.333. The van der Waals surface area contributed by atoms with Gasteiger partial charge >= 0.3 is 0 Å². The Hall–Kier alpha value is -0.550. The summed E-state index contributed by atoms with van der Waals surface area (Å²) in [6, 6.07) is 3.12. The van der Waals surface area contributed by atoms with Gasteiger partial charge in [0.05, 0.1) is 0 Å². The van der Waals surface area contributed by atoms with Crippen molar-refractivity contribution in [1.82, 2.24) is 0 Å². The van der Waals surface area contributed by atoms with E-state index in [4.69, 9.17) is 5.73 Å². The van der Waals surface area contributed by atoms with E-state index in [-0.39, 0.29) is 0 Å². The number of halogens is 4. The molecule has 0 unspecified atom stereocenters. The van der Waals surface area contributed by atoms with E-state index in [2.05, 4.69) is 15.9 Å². The average molecular weight is 268 g/mol. The van der Waals surface area contributed by atoms with Crippen LogP contribution < -0.4 is 5.73 Å². The summed E-state index contributed by atoms with van der Waals surface area (Å²) in [7, 11) is 0. The SMILES string of the molecule is N[C@H](CC(F)F)c1cc(F)cc(Br)c1. The standard InChI is InChI=1S/C9H9BrF3N/c10-6-1-5(2-7(11)3-6)8(14)4-9(12)13/h1-3,8-9H,4,14H2/t8-/m1/s1. The van der Waals surface area contributed by atoms with Crippen LogP contribution in [0.15, 0.2) is 22.7 Å². The molecule has 0 radical (unpaired) electrons. The molecule has 0 aliphatic carbocycles. The van der Waals surface area contributed by atoms with Gasteiger partial charge in [0.15, 0.2) is 0 Å². The molecule has 1 aromatic carbocycles. The summed E-state index contributed by atoms with van der Waals surface area (Å²) in [5.41, 5.74) is 5.84. The molecule has 0 aliphatic rings. The zero-order valence-electron chi connectivity index (χ0n) is 7.18. The van der Waals surface area contributed by atoms with E-state index in [1.54, 1.807) is 0 Å². The smallest absolute Gasteiger partial charge is 0.240 e. The Morgan fingerprint density at radius 2 is 1.93 bits per heavy atom. The minimum atomic E-state index is -2.48. The first-order valence-electron chi connectivity index (χ1n) is 3.98. The Bertz CT molecular complexity index is 297. The van der Waals surface area contributed by atoms with Gasteiger partial charge in [0, 0.05) is 16.9 Å². The van der Waals surface area contributed by atoms with Crippen molar-refractivity contribution in [3.8, 4) is 0 Å². The van der Waals surface area contributed by atoms with Crippen LogP contribution >= 0.6 is 15.9 Å². The molecule has 1 rings (SSSR count). The van der Waals surface area contributed by atoms with E-state index in [1.807, 2.05) is 0 Å². The fourth-order valence-electron chi connectivity index (χ4n) is 1.12. The summed E-state index contributed by atoms with van der Waals surface area (Å²) in [6.45, 7) is 0. The highest BCUT2D eigenvalue weighted by atomic mass is 79.9. The van der Waals surface area contributed by atoms with E-state index < -0.39 is 24.7 Å². The van der Waals surface area contributed by atoms with Crippen LogP contribution in [0.5, 0.6) is 0 Å². The van der Waals surface area contributed by atoms with Crippen LogP contribution in [0.25, 0.3) is 0 Å². The lowest BCUT2D eigenvalue weighted by atomic mass is 10.1. The van der Waals surface area contributed by atoms with Gasteiger partial charge in [-0.15, -0.1) is 0 Å². The monoisotopic (exact) mass is 267 g/mol. The minimum absolute atomic E-state index is 0.372. The third-order valence-corrected chi connectivity index (χ3v) is 2.20. The molecule has 0 aromatic heterocycles. The summed E-state index contributed by atoms with van der Waals surface area (Å²) in [4.78, 5) is 0. The first-order valence-corrected chi connectivity index (χ1v) is 4.78. The third kappa shape index (κ3) is 3.31. The Kier molecular flexibility index (Phi) is 3.95. The van der Waals surface area contributed by atoms with Crippen molar-refractivity contribution in [2.24, 2.45) is 5.73 Å². The van der Waals surface area contributed by atoms with Gasteiger partial charge in [0.2, 0.25) is 6.43 Å². The van der Waals surface area contributed by atoms with Crippen LogP contribution in [-0.4, -0.2) is 6.43 Å². The molecular formula is C9H9BrF3N. The maximum Gasteiger partial charge on any atom is 0.240 e. The molecule has 0 spiro atoms. The highest BCUT2D eigenvalue weighted by Gasteiger charge is 2.13. The summed E-state index contributed by atoms with van der Waals surface area (Å²) in [5.74, 6) is -0.487. The lowest BCUT2D eigenvalue weighted by Gasteiger charge is -2.11. The second kappa shape index (κ2) is 4.79. The predicted molar refractivity (Wildman–Crippen MR) is 51.6 cm³/mol. The van der Waals surface area contributed by atoms with Crippen LogP contribution in [0.2, 0.25) is 0 Å². The van der Waals surface area contributed by atoms with E-state index in [0.29, 0.717) is 10.0 Å². The summed E-state index contributed by atoms with van der Waals surface area (Å²) in [5, 5.41) is 0. The highest BCUT2D eigenvalue weighted by molar-refractivity contribution is 9.10. The molecule has 14 heavy (non-hydrogen) atoms. The number of nitrogens with two attached hydrogens (primary N) is 1. The molecule has 78 valence electrons. The molecule has 0 amide bonds. The van der Waals surface area contributed by atoms with Crippen molar-refractivity contribution in [2.75, 3.05) is 0 Å². The van der Waals surface area contributed by atoms with Crippen LogP contribution in [0, 0.1) is 5.82 Å². The predicted octanol–water partition coefficient (Wildman–Crippen LogP) is 3.24. The quantitative estimate of drug-likeness (QED) is 0.894. The first-order chi connectivity index (χ1) is 6.49. The van der Waals surface area contributed by atoms with Gasteiger partial charge in [0.25, 0.3) is 0 Å². The molecule has 2 N–H and O–H groups in total. The van der Waals surface area contributed by atoms with Gasteiger partial charge in [0.1, 0.15) is 5.82 Å². The number of hydrogen-bond donors (Lipinski definition) is 1. The molecule has 0 fully saturated rings. The van der Waals surface area contributed by atoms with Gasteiger partial charge in [-0.1, -0.05) is 15.9 Å². The molecule has 1 nitrogen and oxygen atoms in total. The lowest BCUT2D eigenvalue weighted by molar-refractivity contribution is 0.128. The van der Waals surface area contributed by atoms with Gasteiger partial charge < -0.3 is 5.73 Å². The van der Waals surface area contributed by atoms with Crippen molar-refractivity contribution < 1.29 is 13.2 Å². The van der Waals surface area contributed by atoms with Gasteiger partial charge in [-0.2, -0.15) is 0 Å². The topological polar surface area (TPSA) is 26.0 Å². The van der Waals surface area contributed by atoms with Crippen molar-refractivity contribution in [3.05, 3.63) is 34.1 Å². The second-order valence-electron chi connectivity index (χ2n) is 2.94. The summed E-state index contributed by atoms with van der Waals surface area (Å²) in [6.07, 6.45) is -2.94. The zero-order chi connectivity index (χ0) is 10.7. The van der Waals surface area contributed by atoms with Gasteiger partial charge in [-0.3, -0.25) is 0 Å². The zero-order valence-corrected chi connectivity index (χ0v) is 8.77. The van der Waals surface area contributed by atoms with Crippen molar-refractivity contribution in [2.45, 2.75) is 18.9 Å². The molecule has 0 saturated heterocycles. The molecular weight excluding hydrogens is 259 g/mol. The second-order valence-corrected chi connectivity index (χ2v) is 3.85. The fourth-order valence-corrected chi connectivity index (χ4v) is 1.60. The van der Waals surface area contributed by atoms with Gasteiger partial charge in [-0.05, 0) is 23.8 Å². The van der Waals surface area contributed by atoms with Gasteiger partial charge in [-0.25, -0.2) is 13.2 Å². The molecule has 5 heteroatoms. The lowest BCUT2D eigenvalue weighted by Crippen LogP contribution is -2.14. The van der Waals surface area contributed by atoms with Crippen molar-refractivity contribution >= 4 is 15.9 Å². The summed E-state index contributed by atoms with van der Waals surface area (Å²) < 4.78 is 37.3. The Morgan fingerprint density at radius 1 is 1.29 bits per heavy atom. The van der Waals surface area contributed by atoms with Crippen LogP contribution in [0.3, 0.4) is 0 Å². The average Bonchev–Trinajstić information content (AvgIpc) is 2.00. The number of alkyl halides is 2. The number of rotatable bonds is 3. The maximum absolute atomic E-state index is 12.9. The first kappa shape index (κ1) is 11.5. The molecule has 1 atom stereocenters. The van der Waals surface area contributed by atoms with E-state index in [9.17, 15) is 13.2 Å². The van der Waals surface area contributed by atoms with E-state index >= 15 is 0 Å².